The summed E-state index contributed by atoms with van der Waals surface area (Å²) >= 11 is 0. The van der Waals surface area contributed by atoms with Crippen molar-refractivity contribution in [2.75, 3.05) is 7.11 Å². The Kier molecular flexibility index (Phi) is 4.35. The predicted octanol–water partition coefficient (Wildman–Crippen LogP) is 4.06. The van der Waals surface area contributed by atoms with Crippen molar-refractivity contribution in [3.63, 3.8) is 0 Å². The molecule has 2 aliphatic carbocycles. The molecule has 4 heteroatoms. The minimum atomic E-state index is -0.452. The number of methoxy groups -OCH3 is 1. The molecule has 1 aromatic carbocycles. The maximum Gasteiger partial charge on any atom is 0.184 e. The molecule has 0 radical (unpaired) electrons. The lowest BCUT2D eigenvalue weighted by Gasteiger charge is -2.45. The van der Waals surface area contributed by atoms with Crippen molar-refractivity contribution in [3.8, 4) is 5.75 Å². The van der Waals surface area contributed by atoms with E-state index in [0.717, 1.165) is 30.4 Å². The maximum atomic E-state index is 13.9. The normalized spacial score (nSPS) is 29.0. The van der Waals surface area contributed by atoms with Crippen molar-refractivity contribution in [2.45, 2.75) is 45.6 Å². The lowest BCUT2D eigenvalue weighted by Crippen LogP contribution is -2.42. The monoisotopic (exact) mass is 330 g/mol. The van der Waals surface area contributed by atoms with Crippen LogP contribution in [0.15, 0.2) is 34.9 Å². The minimum absolute atomic E-state index is 0.00722. The van der Waals surface area contributed by atoms with Crippen molar-refractivity contribution in [1.29, 1.82) is 0 Å². The topological polar surface area (TPSA) is 46.5 Å². The smallest absolute Gasteiger partial charge is 0.184 e. The quantitative estimate of drug-likeness (QED) is 0.832. The molecule has 1 N–H and O–H groups in total. The lowest BCUT2D eigenvalue weighted by molar-refractivity contribution is -0.113. The fourth-order valence-electron chi connectivity index (χ4n) is 4.06. The Bertz CT molecular complexity index is 747. The number of rotatable bonds is 2. The third kappa shape index (κ3) is 2.69. The van der Waals surface area contributed by atoms with Crippen molar-refractivity contribution < 1.29 is 19.0 Å². The second kappa shape index (κ2) is 6.17. The lowest BCUT2D eigenvalue weighted by atomic mass is 9.61. The predicted molar refractivity (Wildman–Crippen MR) is 91.2 cm³/mol. The van der Waals surface area contributed by atoms with Crippen LogP contribution < -0.4 is 4.74 Å². The summed E-state index contributed by atoms with van der Waals surface area (Å²) < 4.78 is 18.8. The van der Waals surface area contributed by atoms with Gasteiger partial charge in [-0.3, -0.25) is 4.79 Å². The van der Waals surface area contributed by atoms with Crippen LogP contribution in [0.5, 0.6) is 5.75 Å². The first-order chi connectivity index (χ1) is 11.4. The van der Waals surface area contributed by atoms with E-state index < -0.39 is 17.3 Å². The number of halogens is 1. The largest absolute Gasteiger partial charge is 0.494 e. The van der Waals surface area contributed by atoms with Gasteiger partial charge in [-0.25, -0.2) is 4.39 Å². The van der Waals surface area contributed by atoms with Crippen LogP contribution in [-0.2, 0) is 4.79 Å². The third-order valence-corrected chi connectivity index (χ3v) is 5.49. The van der Waals surface area contributed by atoms with Crippen LogP contribution in [-0.4, -0.2) is 24.1 Å². The van der Waals surface area contributed by atoms with E-state index in [1.807, 2.05) is 13.8 Å². The number of aliphatic hydroxyl groups excluding tert-OH is 1. The summed E-state index contributed by atoms with van der Waals surface area (Å²) in [5.74, 6) is -0.264. The molecule has 1 aromatic rings. The Hall–Kier alpha value is -1.94. The molecule has 2 atom stereocenters. The summed E-state index contributed by atoms with van der Waals surface area (Å²) in [6.07, 6.45) is 4.33. The van der Waals surface area contributed by atoms with E-state index >= 15 is 0 Å². The van der Waals surface area contributed by atoms with Crippen LogP contribution in [0.4, 0.5) is 4.39 Å². The van der Waals surface area contributed by atoms with E-state index in [9.17, 15) is 14.3 Å². The zero-order valence-electron chi connectivity index (χ0n) is 14.4. The molecule has 0 aromatic heterocycles. The molecule has 0 amide bonds. The van der Waals surface area contributed by atoms with Gasteiger partial charge in [0, 0.05) is 11.0 Å². The van der Waals surface area contributed by atoms with Gasteiger partial charge < -0.3 is 9.84 Å². The number of carbonyl (C=O) groups is 1. The van der Waals surface area contributed by atoms with Crippen LogP contribution in [0, 0.1) is 11.2 Å². The van der Waals surface area contributed by atoms with Gasteiger partial charge in [0.05, 0.1) is 13.2 Å². The summed E-state index contributed by atoms with van der Waals surface area (Å²) in [5, 5.41) is 10.5. The number of fused-ring (bicyclic) bond motifs is 1. The molecule has 1 saturated carbocycles. The first kappa shape index (κ1) is 16.9. The molecule has 3 rings (SSSR count). The van der Waals surface area contributed by atoms with Gasteiger partial charge in [0.2, 0.25) is 0 Å². The van der Waals surface area contributed by atoms with Gasteiger partial charge in [-0.1, -0.05) is 18.6 Å². The highest BCUT2D eigenvalue weighted by molar-refractivity contribution is 6.12. The van der Waals surface area contributed by atoms with Crippen LogP contribution in [0.1, 0.15) is 45.1 Å². The van der Waals surface area contributed by atoms with E-state index in [1.54, 1.807) is 18.2 Å². The van der Waals surface area contributed by atoms with E-state index in [1.165, 1.54) is 13.2 Å². The number of ether oxygens (including phenoxy) is 1. The number of hydrogen-bond donors (Lipinski definition) is 1. The molecule has 0 bridgehead atoms. The van der Waals surface area contributed by atoms with Crippen LogP contribution in [0.25, 0.3) is 6.08 Å². The number of aliphatic hydroxyl groups is 1. The van der Waals surface area contributed by atoms with E-state index in [2.05, 4.69) is 0 Å². The van der Waals surface area contributed by atoms with Gasteiger partial charge in [0.15, 0.2) is 17.3 Å². The van der Waals surface area contributed by atoms with Gasteiger partial charge in [-0.15, -0.1) is 0 Å². The molecule has 3 nitrogen and oxygen atoms in total. The Morgan fingerprint density at radius 3 is 2.83 bits per heavy atom. The molecule has 0 saturated heterocycles. The average Bonchev–Trinajstić information content (AvgIpc) is 2.55. The number of Topliss-reactive ketones (excluding diaryl/α,β-unsaturated/α-hetero) is 1. The van der Waals surface area contributed by atoms with Crippen molar-refractivity contribution in [3.05, 3.63) is 46.3 Å². The summed E-state index contributed by atoms with van der Waals surface area (Å²) in [6.45, 7) is 3.88. The first-order valence-electron chi connectivity index (χ1n) is 8.34. The molecule has 128 valence electrons. The molecule has 24 heavy (non-hydrogen) atoms. The van der Waals surface area contributed by atoms with Crippen molar-refractivity contribution in [2.24, 2.45) is 5.41 Å². The maximum absolute atomic E-state index is 13.9. The number of hydrogen-bond acceptors (Lipinski definition) is 3. The fraction of sp³-hybridized carbons (Fsp3) is 0.450. The molecule has 0 unspecified atom stereocenters. The molecule has 1 fully saturated rings. The van der Waals surface area contributed by atoms with Gasteiger partial charge in [0.25, 0.3) is 0 Å². The summed E-state index contributed by atoms with van der Waals surface area (Å²) in [4.78, 5) is 12.7. The van der Waals surface area contributed by atoms with Crippen LogP contribution in [0.2, 0.25) is 0 Å². The zero-order chi connectivity index (χ0) is 17.5. The highest BCUT2D eigenvalue weighted by Gasteiger charge is 2.45. The standard InChI is InChI=1S/C20H23FO3/c1-12-15-5-4-6-18(22)20(15,2)11-14(19(12)23)9-13-7-8-17(24-3)16(21)10-13/h7-10,18,22H,4-6,11H2,1-3H3/b14-9+/t18-,20-/m0/s1. The highest BCUT2D eigenvalue weighted by Crippen LogP contribution is 2.50. The number of benzene rings is 1. The third-order valence-electron chi connectivity index (χ3n) is 5.49. The molecule has 0 aliphatic heterocycles. The highest BCUT2D eigenvalue weighted by atomic mass is 19.1. The SMILES string of the molecule is COc1ccc(/C=C2\C[C@@]3(C)C(=C(C)C2=O)CCC[C@@H]3O)cc1F. The second-order valence-electron chi connectivity index (χ2n) is 7.00. The van der Waals surface area contributed by atoms with Gasteiger partial charge in [-0.05, 0) is 62.0 Å². The Morgan fingerprint density at radius 1 is 1.42 bits per heavy atom. The van der Waals surface area contributed by atoms with Gasteiger partial charge in [-0.2, -0.15) is 0 Å². The van der Waals surface area contributed by atoms with Gasteiger partial charge >= 0.3 is 0 Å². The van der Waals surface area contributed by atoms with E-state index in [-0.39, 0.29) is 11.5 Å². The van der Waals surface area contributed by atoms with Gasteiger partial charge in [0.1, 0.15) is 0 Å². The van der Waals surface area contributed by atoms with Crippen molar-refractivity contribution >= 4 is 11.9 Å². The average molecular weight is 330 g/mol. The zero-order valence-corrected chi connectivity index (χ0v) is 14.4. The minimum Gasteiger partial charge on any atom is -0.494 e. The number of allylic oxidation sites excluding steroid dienone is 2. The fourth-order valence-corrected chi connectivity index (χ4v) is 4.06. The van der Waals surface area contributed by atoms with Crippen molar-refractivity contribution in [1.82, 2.24) is 0 Å². The summed E-state index contributed by atoms with van der Waals surface area (Å²) in [5.41, 5.74) is 2.69. The summed E-state index contributed by atoms with van der Waals surface area (Å²) in [7, 11) is 1.42. The number of ketones is 1. The molecule has 0 heterocycles. The summed E-state index contributed by atoms with van der Waals surface area (Å²) in [6, 6.07) is 4.66. The molecular weight excluding hydrogens is 307 g/mol. The van der Waals surface area contributed by atoms with E-state index in [4.69, 9.17) is 4.74 Å². The first-order valence-corrected chi connectivity index (χ1v) is 8.34. The Morgan fingerprint density at radius 2 is 2.17 bits per heavy atom. The van der Waals surface area contributed by atoms with Crippen LogP contribution >= 0.6 is 0 Å². The second-order valence-corrected chi connectivity index (χ2v) is 7.00. The Balaban J connectivity index is 2.02. The van der Waals surface area contributed by atoms with Crippen LogP contribution in [0.3, 0.4) is 0 Å². The molecule has 0 spiro atoms. The van der Waals surface area contributed by atoms with E-state index in [0.29, 0.717) is 17.6 Å². The number of carbonyl (C=O) groups excluding carboxylic acids is 1. The Labute approximate surface area is 141 Å². The molecule has 2 aliphatic rings. The molecular formula is C20H23FO3.